The van der Waals surface area contributed by atoms with Gasteiger partial charge in [0.05, 0.1) is 5.02 Å². The lowest BCUT2D eigenvalue weighted by atomic mass is 10.0. The summed E-state index contributed by atoms with van der Waals surface area (Å²) in [5, 5.41) is 8.74. The summed E-state index contributed by atoms with van der Waals surface area (Å²) in [6.45, 7) is 4.20. The van der Waals surface area contributed by atoms with E-state index >= 15 is 0 Å². The zero-order valence-electron chi connectivity index (χ0n) is 19.1. The summed E-state index contributed by atoms with van der Waals surface area (Å²) in [5.41, 5.74) is 2.44. The van der Waals surface area contributed by atoms with Crippen molar-refractivity contribution in [3.8, 4) is 22.6 Å². The lowest BCUT2D eigenvalue weighted by Crippen LogP contribution is -2.49. The number of hydrogen-bond donors (Lipinski definition) is 0. The molecule has 35 heavy (non-hydrogen) atoms. The number of hydrogen-bond acceptors (Lipinski definition) is 8. The van der Waals surface area contributed by atoms with Crippen LogP contribution in [0.3, 0.4) is 0 Å². The summed E-state index contributed by atoms with van der Waals surface area (Å²) in [6, 6.07) is 11.2. The highest BCUT2D eigenvalue weighted by Crippen LogP contribution is 2.39. The second kappa shape index (κ2) is 8.81. The van der Waals surface area contributed by atoms with E-state index in [-0.39, 0.29) is 5.91 Å². The lowest BCUT2D eigenvalue weighted by Gasteiger charge is -2.35. The molecule has 6 rings (SSSR count). The molecule has 9 nitrogen and oxygen atoms in total. The fourth-order valence-electron chi connectivity index (χ4n) is 4.31. The van der Waals surface area contributed by atoms with E-state index in [0.29, 0.717) is 71.4 Å². The van der Waals surface area contributed by atoms with Gasteiger partial charge in [-0.05, 0) is 38.0 Å². The third-order valence-electron chi connectivity index (χ3n) is 6.47. The molecule has 0 atom stereocenters. The van der Waals surface area contributed by atoms with E-state index in [2.05, 4.69) is 25.2 Å². The standard InChI is InChI=1S/C25H23ClN6O3/c1-15-21(22(29-34-15)18-4-2-3-5-19(18)26)25(33)32-12-10-31(11-13-32)20-9-8-17(14-27-20)23-28-24(35-30-23)16-6-7-16/h2-5,8-9,14,16H,6-7,10-13H2,1H3. The first-order valence-corrected chi connectivity index (χ1v) is 12.0. The van der Waals surface area contributed by atoms with E-state index in [4.69, 9.17) is 20.6 Å². The second-order valence-electron chi connectivity index (χ2n) is 8.86. The number of benzene rings is 1. The van der Waals surface area contributed by atoms with Crippen LogP contribution in [0.15, 0.2) is 51.6 Å². The van der Waals surface area contributed by atoms with Gasteiger partial charge in [-0.15, -0.1) is 0 Å². The monoisotopic (exact) mass is 490 g/mol. The summed E-state index contributed by atoms with van der Waals surface area (Å²) in [7, 11) is 0. The SMILES string of the molecule is Cc1onc(-c2ccccc2Cl)c1C(=O)N1CCN(c2ccc(-c3noc(C4CC4)n3)cn2)CC1. The molecule has 1 saturated heterocycles. The van der Waals surface area contributed by atoms with E-state index in [9.17, 15) is 4.79 Å². The zero-order chi connectivity index (χ0) is 23.9. The van der Waals surface area contributed by atoms with Crippen LogP contribution in [-0.2, 0) is 0 Å². The van der Waals surface area contributed by atoms with E-state index in [0.717, 1.165) is 24.2 Å². The van der Waals surface area contributed by atoms with E-state index in [1.54, 1.807) is 19.2 Å². The molecule has 0 spiro atoms. The molecule has 0 unspecified atom stereocenters. The van der Waals surface area contributed by atoms with Gasteiger partial charge in [0.2, 0.25) is 11.7 Å². The quantitative estimate of drug-likeness (QED) is 0.400. The Morgan fingerprint density at radius 1 is 1.03 bits per heavy atom. The van der Waals surface area contributed by atoms with Gasteiger partial charge >= 0.3 is 0 Å². The van der Waals surface area contributed by atoms with Gasteiger partial charge in [-0.25, -0.2) is 4.98 Å². The van der Waals surface area contributed by atoms with Crippen LogP contribution >= 0.6 is 11.6 Å². The third-order valence-corrected chi connectivity index (χ3v) is 6.80. The molecule has 1 aliphatic heterocycles. The predicted octanol–water partition coefficient (Wildman–Crippen LogP) is 4.59. The molecular formula is C25H23ClN6O3. The number of aromatic nitrogens is 4. The van der Waals surface area contributed by atoms with Crippen LogP contribution in [0.25, 0.3) is 22.6 Å². The van der Waals surface area contributed by atoms with Gasteiger partial charge in [-0.2, -0.15) is 4.98 Å². The summed E-state index contributed by atoms with van der Waals surface area (Å²) in [4.78, 5) is 26.5. The summed E-state index contributed by atoms with van der Waals surface area (Å²) in [5.74, 6) is 2.93. The van der Waals surface area contributed by atoms with Crippen molar-refractivity contribution in [2.75, 3.05) is 31.1 Å². The average Bonchev–Trinajstić information content (AvgIpc) is 3.50. The Hall–Kier alpha value is -3.72. The van der Waals surface area contributed by atoms with Crippen LogP contribution < -0.4 is 4.90 Å². The van der Waals surface area contributed by atoms with Gasteiger partial charge in [0.15, 0.2) is 0 Å². The summed E-state index contributed by atoms with van der Waals surface area (Å²) >= 11 is 6.35. The fraction of sp³-hybridized carbons (Fsp3) is 0.320. The first-order chi connectivity index (χ1) is 17.1. The van der Waals surface area contributed by atoms with Gasteiger partial charge in [0, 0.05) is 49.4 Å². The Bertz CT molecular complexity index is 1370. The number of aryl methyl sites for hydroxylation is 1. The summed E-state index contributed by atoms with van der Waals surface area (Å²) < 4.78 is 10.7. The Morgan fingerprint density at radius 2 is 1.83 bits per heavy atom. The van der Waals surface area contributed by atoms with Crippen molar-refractivity contribution in [2.24, 2.45) is 0 Å². The number of carbonyl (C=O) groups is 1. The highest BCUT2D eigenvalue weighted by Gasteiger charge is 2.31. The molecule has 1 amide bonds. The molecule has 4 heterocycles. The van der Waals surface area contributed by atoms with E-state index < -0.39 is 0 Å². The molecule has 0 N–H and O–H groups in total. The highest BCUT2D eigenvalue weighted by molar-refractivity contribution is 6.33. The molecule has 178 valence electrons. The van der Waals surface area contributed by atoms with E-state index in [1.807, 2.05) is 35.2 Å². The smallest absolute Gasteiger partial charge is 0.259 e. The Labute approximate surface area is 206 Å². The number of anilines is 1. The topological polar surface area (TPSA) is 101 Å². The normalized spacial score (nSPS) is 16.1. The number of pyridine rings is 1. The van der Waals surface area contributed by atoms with Crippen LogP contribution in [0.5, 0.6) is 0 Å². The minimum absolute atomic E-state index is 0.106. The van der Waals surface area contributed by atoms with Crippen LogP contribution in [-0.4, -0.2) is 57.3 Å². The number of nitrogens with zero attached hydrogens (tertiary/aromatic N) is 6. The molecule has 2 aliphatic rings. The van der Waals surface area contributed by atoms with Gasteiger partial charge in [-0.1, -0.05) is 40.1 Å². The zero-order valence-corrected chi connectivity index (χ0v) is 19.9. The number of amides is 1. The van der Waals surface area contributed by atoms with Crippen molar-refractivity contribution in [2.45, 2.75) is 25.7 Å². The Morgan fingerprint density at radius 3 is 2.54 bits per heavy atom. The minimum atomic E-state index is -0.106. The van der Waals surface area contributed by atoms with Crippen molar-refractivity contribution >= 4 is 23.3 Å². The third kappa shape index (κ3) is 4.16. The summed E-state index contributed by atoms with van der Waals surface area (Å²) in [6.07, 6.45) is 4.00. The van der Waals surface area contributed by atoms with Crippen LogP contribution in [0.2, 0.25) is 5.02 Å². The van der Waals surface area contributed by atoms with Gasteiger partial charge in [0.25, 0.3) is 5.91 Å². The van der Waals surface area contributed by atoms with Crippen molar-refractivity contribution in [1.82, 2.24) is 25.2 Å². The lowest BCUT2D eigenvalue weighted by molar-refractivity contribution is 0.0745. The van der Waals surface area contributed by atoms with Crippen LogP contribution in [0.4, 0.5) is 5.82 Å². The highest BCUT2D eigenvalue weighted by atomic mass is 35.5. The molecule has 1 aromatic carbocycles. The number of rotatable bonds is 5. The van der Waals surface area contributed by atoms with Crippen molar-refractivity contribution < 1.29 is 13.8 Å². The molecular weight excluding hydrogens is 468 g/mol. The van der Waals surface area contributed by atoms with Gasteiger partial charge in [0.1, 0.15) is 22.8 Å². The molecule has 3 aromatic heterocycles. The molecule has 1 saturated carbocycles. The van der Waals surface area contributed by atoms with E-state index in [1.165, 1.54) is 0 Å². The molecule has 1 aliphatic carbocycles. The average molecular weight is 491 g/mol. The van der Waals surface area contributed by atoms with Crippen molar-refractivity contribution in [3.05, 3.63) is 64.8 Å². The van der Waals surface area contributed by atoms with Crippen molar-refractivity contribution in [1.29, 1.82) is 0 Å². The maximum absolute atomic E-state index is 13.4. The minimum Gasteiger partial charge on any atom is -0.360 e. The number of halogens is 1. The number of piperazine rings is 1. The largest absolute Gasteiger partial charge is 0.360 e. The van der Waals surface area contributed by atoms with Crippen LogP contribution in [0.1, 0.15) is 40.8 Å². The Kier molecular flexibility index (Phi) is 5.49. The molecule has 0 radical (unpaired) electrons. The molecule has 10 heteroatoms. The molecule has 2 fully saturated rings. The first kappa shape index (κ1) is 21.8. The van der Waals surface area contributed by atoms with Gasteiger partial charge in [-0.3, -0.25) is 4.79 Å². The molecule has 4 aromatic rings. The fourth-order valence-corrected chi connectivity index (χ4v) is 4.54. The Balaban J connectivity index is 1.13. The van der Waals surface area contributed by atoms with Gasteiger partial charge < -0.3 is 18.8 Å². The van der Waals surface area contributed by atoms with Crippen LogP contribution in [0, 0.1) is 6.92 Å². The van der Waals surface area contributed by atoms with Crippen molar-refractivity contribution in [3.63, 3.8) is 0 Å². The maximum Gasteiger partial charge on any atom is 0.259 e. The maximum atomic E-state index is 13.4. The molecule has 0 bridgehead atoms. The second-order valence-corrected chi connectivity index (χ2v) is 9.26. The first-order valence-electron chi connectivity index (χ1n) is 11.6. The predicted molar refractivity (Wildman–Crippen MR) is 129 cm³/mol. The number of carbonyl (C=O) groups excluding carboxylic acids is 1.